The van der Waals surface area contributed by atoms with E-state index in [-0.39, 0.29) is 18.3 Å². The number of nitrogens with one attached hydrogen (secondary N) is 1. The summed E-state index contributed by atoms with van der Waals surface area (Å²) in [6.45, 7) is 0.540. The van der Waals surface area contributed by atoms with Crippen molar-refractivity contribution in [1.29, 1.82) is 0 Å². The van der Waals surface area contributed by atoms with Crippen molar-refractivity contribution in [2.24, 2.45) is 0 Å². The molecule has 0 spiro atoms. The molecule has 2 rings (SSSR count). The molecule has 0 aromatic heterocycles. The van der Waals surface area contributed by atoms with Crippen LogP contribution in [0.25, 0.3) is 0 Å². The number of rotatable bonds is 8. The SMILES string of the molecule is O=C(O)CCCNC(Cc1ccccc1)c1ccccc1F. The van der Waals surface area contributed by atoms with E-state index >= 15 is 0 Å². The highest BCUT2D eigenvalue weighted by Gasteiger charge is 2.15. The Morgan fingerprint density at radius 1 is 1.09 bits per heavy atom. The number of hydrogen-bond acceptors (Lipinski definition) is 2. The maximum absolute atomic E-state index is 14.0. The van der Waals surface area contributed by atoms with Gasteiger partial charge in [0, 0.05) is 18.0 Å². The van der Waals surface area contributed by atoms with E-state index in [2.05, 4.69) is 5.32 Å². The van der Waals surface area contributed by atoms with E-state index in [0.717, 1.165) is 5.56 Å². The zero-order valence-corrected chi connectivity index (χ0v) is 12.3. The maximum Gasteiger partial charge on any atom is 0.303 e. The summed E-state index contributed by atoms with van der Waals surface area (Å²) in [6.07, 6.45) is 1.30. The molecule has 2 N–H and O–H groups in total. The summed E-state index contributed by atoms with van der Waals surface area (Å²) < 4.78 is 14.0. The summed E-state index contributed by atoms with van der Waals surface area (Å²) in [5.74, 6) is -1.05. The molecular formula is C18H20FNO2. The molecule has 0 heterocycles. The topological polar surface area (TPSA) is 49.3 Å². The zero-order chi connectivity index (χ0) is 15.8. The quantitative estimate of drug-likeness (QED) is 0.733. The molecule has 22 heavy (non-hydrogen) atoms. The molecule has 0 bridgehead atoms. The van der Waals surface area contributed by atoms with Gasteiger partial charge < -0.3 is 10.4 Å². The van der Waals surface area contributed by atoms with E-state index in [9.17, 15) is 9.18 Å². The number of carboxylic acids is 1. The van der Waals surface area contributed by atoms with Crippen LogP contribution < -0.4 is 5.32 Å². The fourth-order valence-electron chi connectivity index (χ4n) is 2.42. The van der Waals surface area contributed by atoms with Crippen LogP contribution in [0.2, 0.25) is 0 Å². The van der Waals surface area contributed by atoms with Gasteiger partial charge in [0.15, 0.2) is 0 Å². The lowest BCUT2D eigenvalue weighted by atomic mass is 9.98. The van der Waals surface area contributed by atoms with Crippen molar-refractivity contribution in [2.75, 3.05) is 6.54 Å². The predicted octanol–water partition coefficient (Wildman–Crippen LogP) is 3.56. The third-order valence-corrected chi connectivity index (χ3v) is 3.52. The largest absolute Gasteiger partial charge is 0.481 e. The van der Waals surface area contributed by atoms with Gasteiger partial charge in [0.05, 0.1) is 0 Å². The van der Waals surface area contributed by atoms with Gasteiger partial charge in [-0.25, -0.2) is 4.39 Å². The van der Waals surface area contributed by atoms with Crippen LogP contribution in [-0.4, -0.2) is 17.6 Å². The van der Waals surface area contributed by atoms with E-state index in [0.29, 0.717) is 24.9 Å². The van der Waals surface area contributed by atoms with Gasteiger partial charge in [0.2, 0.25) is 0 Å². The molecule has 1 unspecified atom stereocenters. The Balaban J connectivity index is 2.07. The van der Waals surface area contributed by atoms with E-state index in [1.165, 1.54) is 6.07 Å². The van der Waals surface area contributed by atoms with E-state index in [4.69, 9.17) is 5.11 Å². The Morgan fingerprint density at radius 2 is 1.77 bits per heavy atom. The Morgan fingerprint density at radius 3 is 2.45 bits per heavy atom. The summed E-state index contributed by atoms with van der Waals surface area (Å²) in [5.41, 5.74) is 1.73. The smallest absolute Gasteiger partial charge is 0.303 e. The predicted molar refractivity (Wildman–Crippen MR) is 84.2 cm³/mol. The molecule has 0 aliphatic heterocycles. The highest BCUT2D eigenvalue weighted by Crippen LogP contribution is 2.21. The Bertz CT molecular complexity index is 601. The fourth-order valence-corrected chi connectivity index (χ4v) is 2.42. The van der Waals surface area contributed by atoms with Gasteiger partial charge in [0.1, 0.15) is 5.82 Å². The van der Waals surface area contributed by atoms with Gasteiger partial charge in [0.25, 0.3) is 0 Å². The number of benzene rings is 2. The molecule has 0 aliphatic carbocycles. The third-order valence-electron chi connectivity index (χ3n) is 3.52. The number of carbonyl (C=O) groups is 1. The van der Waals surface area contributed by atoms with Crippen molar-refractivity contribution in [1.82, 2.24) is 5.32 Å². The summed E-state index contributed by atoms with van der Waals surface area (Å²) in [4.78, 5) is 10.6. The number of halogens is 1. The van der Waals surface area contributed by atoms with Crippen LogP contribution in [0.4, 0.5) is 4.39 Å². The average molecular weight is 301 g/mol. The van der Waals surface area contributed by atoms with E-state index in [1.807, 2.05) is 36.4 Å². The van der Waals surface area contributed by atoms with Crippen LogP contribution in [0.1, 0.15) is 30.0 Å². The lowest BCUT2D eigenvalue weighted by Gasteiger charge is -2.20. The molecule has 0 saturated heterocycles. The highest BCUT2D eigenvalue weighted by atomic mass is 19.1. The first kappa shape index (κ1) is 16.2. The van der Waals surface area contributed by atoms with Gasteiger partial charge in [-0.05, 0) is 31.0 Å². The van der Waals surface area contributed by atoms with Gasteiger partial charge in [-0.2, -0.15) is 0 Å². The lowest BCUT2D eigenvalue weighted by molar-refractivity contribution is -0.137. The first-order valence-electron chi connectivity index (χ1n) is 7.40. The fraction of sp³-hybridized carbons (Fsp3) is 0.278. The minimum Gasteiger partial charge on any atom is -0.481 e. The molecular weight excluding hydrogens is 281 g/mol. The summed E-state index contributed by atoms with van der Waals surface area (Å²) >= 11 is 0. The molecule has 2 aromatic carbocycles. The van der Waals surface area contributed by atoms with Crippen LogP contribution in [0.5, 0.6) is 0 Å². The third kappa shape index (κ3) is 4.97. The normalized spacial score (nSPS) is 12.0. The molecule has 2 aromatic rings. The van der Waals surface area contributed by atoms with Crippen molar-refractivity contribution in [3.8, 4) is 0 Å². The van der Waals surface area contributed by atoms with Crippen molar-refractivity contribution >= 4 is 5.97 Å². The van der Waals surface area contributed by atoms with E-state index < -0.39 is 5.97 Å². The summed E-state index contributed by atoms with van der Waals surface area (Å²) in [6, 6.07) is 16.4. The molecule has 0 radical (unpaired) electrons. The second-order valence-corrected chi connectivity index (χ2v) is 5.22. The molecule has 0 fully saturated rings. The van der Waals surface area contributed by atoms with Crippen molar-refractivity contribution in [2.45, 2.75) is 25.3 Å². The second kappa shape index (κ2) is 8.29. The van der Waals surface area contributed by atoms with Gasteiger partial charge >= 0.3 is 5.97 Å². The van der Waals surface area contributed by atoms with Gasteiger partial charge in [-0.15, -0.1) is 0 Å². The Labute approximate surface area is 129 Å². The summed E-state index contributed by atoms with van der Waals surface area (Å²) in [5, 5.41) is 12.0. The number of hydrogen-bond donors (Lipinski definition) is 2. The van der Waals surface area contributed by atoms with Gasteiger partial charge in [-0.3, -0.25) is 4.79 Å². The Kier molecular flexibility index (Phi) is 6.10. The average Bonchev–Trinajstić information content (AvgIpc) is 2.52. The van der Waals surface area contributed by atoms with Crippen LogP contribution in [-0.2, 0) is 11.2 Å². The molecule has 3 nitrogen and oxygen atoms in total. The first-order valence-corrected chi connectivity index (χ1v) is 7.40. The minimum atomic E-state index is -0.813. The van der Waals surface area contributed by atoms with Crippen molar-refractivity contribution in [3.05, 3.63) is 71.5 Å². The van der Waals surface area contributed by atoms with Crippen LogP contribution >= 0.6 is 0 Å². The van der Waals surface area contributed by atoms with Gasteiger partial charge in [-0.1, -0.05) is 48.5 Å². The van der Waals surface area contributed by atoms with Crippen LogP contribution in [0.15, 0.2) is 54.6 Å². The molecule has 4 heteroatoms. The van der Waals surface area contributed by atoms with Crippen LogP contribution in [0.3, 0.4) is 0 Å². The Hall–Kier alpha value is -2.20. The molecule has 0 saturated carbocycles. The van der Waals surface area contributed by atoms with Crippen LogP contribution in [0, 0.1) is 5.82 Å². The molecule has 0 aliphatic rings. The monoisotopic (exact) mass is 301 g/mol. The van der Waals surface area contributed by atoms with E-state index in [1.54, 1.807) is 12.1 Å². The minimum absolute atomic E-state index is 0.113. The molecule has 0 amide bonds. The van der Waals surface area contributed by atoms with Crippen molar-refractivity contribution < 1.29 is 14.3 Å². The standard InChI is InChI=1S/C18H20FNO2/c19-16-10-5-4-9-15(16)17(20-12-6-11-18(21)22)13-14-7-2-1-3-8-14/h1-5,7-10,17,20H,6,11-13H2,(H,21,22). The number of carboxylic acid groups (broad SMARTS) is 1. The lowest BCUT2D eigenvalue weighted by Crippen LogP contribution is -2.25. The zero-order valence-electron chi connectivity index (χ0n) is 12.3. The summed E-state index contributed by atoms with van der Waals surface area (Å²) in [7, 11) is 0. The number of aliphatic carboxylic acids is 1. The molecule has 1 atom stereocenters. The highest BCUT2D eigenvalue weighted by molar-refractivity contribution is 5.66. The van der Waals surface area contributed by atoms with Crippen molar-refractivity contribution in [3.63, 3.8) is 0 Å². The maximum atomic E-state index is 14.0. The second-order valence-electron chi connectivity index (χ2n) is 5.22. The first-order chi connectivity index (χ1) is 10.7. The molecule has 116 valence electrons.